The highest BCUT2D eigenvalue weighted by atomic mass is 16.5. The van der Waals surface area contributed by atoms with E-state index in [1.165, 1.54) is 12.3 Å². The lowest BCUT2D eigenvalue weighted by atomic mass is 9.95. The van der Waals surface area contributed by atoms with Crippen LogP contribution in [0.15, 0.2) is 41.1 Å². The van der Waals surface area contributed by atoms with Gasteiger partial charge < -0.3 is 34.9 Å². The van der Waals surface area contributed by atoms with E-state index in [4.69, 9.17) is 14.0 Å². The highest BCUT2D eigenvalue weighted by Gasteiger charge is 2.33. The van der Waals surface area contributed by atoms with Crippen LogP contribution in [0, 0.1) is 11.8 Å². The molecule has 39 heavy (non-hydrogen) atoms. The highest BCUT2D eigenvalue weighted by molar-refractivity contribution is 6.02. The third kappa shape index (κ3) is 6.95. The minimum atomic E-state index is -0.998. The van der Waals surface area contributed by atoms with Gasteiger partial charge in [0.25, 0.3) is 11.8 Å². The fourth-order valence-corrected chi connectivity index (χ4v) is 4.59. The van der Waals surface area contributed by atoms with Gasteiger partial charge in [0.2, 0.25) is 11.8 Å². The molecule has 0 bridgehead atoms. The number of hydrogen-bond donors (Lipinski definition) is 4. The number of carbonyl (C=O) groups is 4. The van der Waals surface area contributed by atoms with E-state index in [1.807, 2.05) is 26.0 Å². The topological polar surface area (TPSA) is 165 Å². The molecule has 0 radical (unpaired) electrons. The van der Waals surface area contributed by atoms with Crippen molar-refractivity contribution in [2.75, 3.05) is 20.3 Å². The third-order valence-electron chi connectivity index (χ3n) is 6.58. The van der Waals surface area contributed by atoms with Crippen LogP contribution in [0.25, 0.3) is 10.9 Å². The molecule has 0 saturated carbocycles. The Morgan fingerprint density at radius 3 is 2.67 bits per heavy atom. The van der Waals surface area contributed by atoms with Crippen LogP contribution >= 0.6 is 0 Å². The Morgan fingerprint density at radius 2 is 2.00 bits per heavy atom. The number of benzene rings is 1. The summed E-state index contributed by atoms with van der Waals surface area (Å²) in [6.45, 7) is 3.99. The highest BCUT2D eigenvalue weighted by Crippen LogP contribution is 2.26. The Kier molecular flexibility index (Phi) is 8.84. The van der Waals surface area contributed by atoms with Gasteiger partial charge in [-0.3, -0.25) is 19.2 Å². The molecule has 4 N–H and O–H groups in total. The molecule has 2 aromatic heterocycles. The predicted molar refractivity (Wildman–Crippen MR) is 140 cm³/mol. The Hall–Kier alpha value is -4.35. The summed E-state index contributed by atoms with van der Waals surface area (Å²) in [5.74, 6) is -1.20. The fraction of sp³-hybridized carbons (Fsp3) is 0.444. The van der Waals surface area contributed by atoms with E-state index in [0.29, 0.717) is 25.1 Å². The monoisotopic (exact) mass is 539 g/mol. The first-order chi connectivity index (χ1) is 18.7. The Labute approximate surface area is 225 Å². The van der Waals surface area contributed by atoms with E-state index in [-0.39, 0.29) is 36.4 Å². The number of aromatic amines is 1. The predicted octanol–water partition coefficient (Wildman–Crippen LogP) is 1.97. The molecule has 1 aliphatic rings. The molecule has 0 aliphatic carbocycles. The van der Waals surface area contributed by atoms with Crippen molar-refractivity contribution in [3.8, 4) is 11.6 Å². The molecular formula is C27H33N5O7. The lowest BCUT2D eigenvalue weighted by molar-refractivity contribution is -0.131. The van der Waals surface area contributed by atoms with Gasteiger partial charge >= 0.3 is 0 Å². The van der Waals surface area contributed by atoms with Crippen LogP contribution in [0.3, 0.4) is 0 Å². The number of nitrogens with one attached hydrogen (secondary N) is 4. The third-order valence-corrected chi connectivity index (χ3v) is 6.58. The normalized spacial score (nSPS) is 16.5. The number of carbonyl (C=O) groups excluding carboxylic acids is 4. The average molecular weight is 540 g/mol. The molecule has 3 heterocycles. The largest absolute Gasteiger partial charge is 0.496 e. The second-order valence-corrected chi connectivity index (χ2v) is 9.93. The minimum absolute atomic E-state index is 0.0640. The number of methoxy groups -OCH3 is 1. The number of fused-ring (bicyclic) bond motifs is 1. The zero-order valence-electron chi connectivity index (χ0n) is 22.1. The SMILES string of the molecule is COc1cccc2[nH]c(C(=O)NC(CC(C)C)C(=O)NC(C[C@@H]3CCNC3=O)C(=O)COc3ccon3)cc12. The summed E-state index contributed by atoms with van der Waals surface area (Å²) in [6, 6.07) is 6.63. The Bertz CT molecular complexity index is 1320. The molecule has 1 aromatic carbocycles. The fourth-order valence-electron chi connectivity index (χ4n) is 4.59. The van der Waals surface area contributed by atoms with Gasteiger partial charge in [-0.15, -0.1) is 0 Å². The first-order valence-electron chi connectivity index (χ1n) is 12.9. The number of hydrogen-bond acceptors (Lipinski definition) is 8. The molecule has 1 saturated heterocycles. The van der Waals surface area contributed by atoms with E-state index < -0.39 is 35.6 Å². The standard InChI is InChI=1S/C27H33N5O7/c1-15(2)11-20(31-27(36)21-13-17-18(29-21)5-4-6-23(17)37-3)26(35)30-19(12-16-7-9-28-25(16)34)22(33)14-38-24-8-10-39-32-24/h4-6,8,10,13,15-16,19-20,29H,7,9,11-12,14H2,1-3H3,(H,28,34)(H,30,35)(H,31,36)/t16-,19?,20?/m0/s1. The van der Waals surface area contributed by atoms with Gasteiger partial charge in [-0.1, -0.05) is 19.9 Å². The summed E-state index contributed by atoms with van der Waals surface area (Å²) in [4.78, 5) is 55.0. The number of aromatic nitrogens is 2. The lowest BCUT2D eigenvalue weighted by Crippen LogP contribution is -2.53. The molecule has 12 nitrogen and oxygen atoms in total. The zero-order chi connectivity index (χ0) is 27.9. The molecule has 1 aliphatic heterocycles. The molecule has 3 atom stereocenters. The van der Waals surface area contributed by atoms with E-state index in [1.54, 1.807) is 19.2 Å². The van der Waals surface area contributed by atoms with E-state index in [2.05, 4.69) is 26.1 Å². The molecular weight excluding hydrogens is 506 g/mol. The van der Waals surface area contributed by atoms with Gasteiger partial charge in [0, 0.05) is 29.4 Å². The Morgan fingerprint density at radius 1 is 1.18 bits per heavy atom. The first-order valence-corrected chi connectivity index (χ1v) is 12.9. The van der Waals surface area contributed by atoms with Crippen LogP contribution in [0.2, 0.25) is 0 Å². The maximum absolute atomic E-state index is 13.4. The van der Waals surface area contributed by atoms with E-state index in [9.17, 15) is 19.2 Å². The van der Waals surface area contributed by atoms with Crippen molar-refractivity contribution in [1.29, 1.82) is 0 Å². The second kappa shape index (κ2) is 12.5. The van der Waals surface area contributed by atoms with Gasteiger partial charge in [0.05, 0.1) is 13.2 Å². The molecule has 4 rings (SSSR count). The average Bonchev–Trinajstić information content (AvgIpc) is 3.67. The van der Waals surface area contributed by atoms with E-state index >= 15 is 0 Å². The van der Waals surface area contributed by atoms with Crippen molar-refractivity contribution in [2.45, 2.75) is 45.2 Å². The summed E-state index contributed by atoms with van der Waals surface area (Å²) in [6.07, 6.45) is 2.31. The minimum Gasteiger partial charge on any atom is -0.496 e. The summed E-state index contributed by atoms with van der Waals surface area (Å²) in [7, 11) is 1.55. The van der Waals surface area contributed by atoms with Crippen LogP contribution in [-0.2, 0) is 14.4 Å². The van der Waals surface area contributed by atoms with Gasteiger partial charge in [-0.25, -0.2) is 0 Å². The maximum atomic E-state index is 13.4. The number of ether oxygens (including phenoxy) is 2. The smallest absolute Gasteiger partial charge is 0.268 e. The zero-order valence-corrected chi connectivity index (χ0v) is 22.1. The van der Waals surface area contributed by atoms with Crippen LogP contribution in [0.4, 0.5) is 0 Å². The van der Waals surface area contributed by atoms with Gasteiger partial charge in [0.1, 0.15) is 23.7 Å². The van der Waals surface area contributed by atoms with Crippen molar-refractivity contribution in [1.82, 2.24) is 26.1 Å². The van der Waals surface area contributed by atoms with Gasteiger partial charge in [-0.05, 0) is 48.5 Å². The summed E-state index contributed by atoms with van der Waals surface area (Å²) in [5.41, 5.74) is 0.990. The van der Waals surface area contributed by atoms with Crippen LogP contribution in [0.5, 0.6) is 11.6 Å². The Balaban J connectivity index is 1.49. The number of Topliss-reactive ketones (excluding diaryl/α,β-unsaturated/α-hetero) is 1. The van der Waals surface area contributed by atoms with E-state index in [0.717, 1.165) is 10.9 Å². The number of rotatable bonds is 13. The van der Waals surface area contributed by atoms with Crippen molar-refractivity contribution in [2.24, 2.45) is 11.8 Å². The van der Waals surface area contributed by atoms with Crippen molar-refractivity contribution >= 4 is 34.4 Å². The molecule has 0 spiro atoms. The molecule has 1 fully saturated rings. The molecule has 3 amide bonds. The quantitative estimate of drug-likeness (QED) is 0.256. The molecule has 208 valence electrons. The van der Waals surface area contributed by atoms with Crippen molar-refractivity contribution in [3.05, 3.63) is 42.3 Å². The van der Waals surface area contributed by atoms with Crippen molar-refractivity contribution < 1.29 is 33.2 Å². The number of H-pyrrole nitrogens is 1. The van der Waals surface area contributed by atoms with Crippen LogP contribution < -0.4 is 25.4 Å². The van der Waals surface area contributed by atoms with Crippen LogP contribution in [0.1, 0.15) is 43.6 Å². The van der Waals surface area contributed by atoms with Crippen molar-refractivity contribution in [3.63, 3.8) is 0 Å². The molecule has 2 unspecified atom stereocenters. The van der Waals surface area contributed by atoms with Gasteiger partial charge in [0.15, 0.2) is 12.4 Å². The second-order valence-electron chi connectivity index (χ2n) is 9.93. The lowest BCUT2D eigenvalue weighted by Gasteiger charge is -2.25. The van der Waals surface area contributed by atoms with Crippen LogP contribution in [-0.4, -0.2) is 66.0 Å². The first kappa shape index (κ1) is 27.7. The summed E-state index contributed by atoms with van der Waals surface area (Å²) < 4.78 is 15.4. The van der Waals surface area contributed by atoms with Gasteiger partial charge in [-0.2, -0.15) is 0 Å². The number of ketones is 1. The number of nitrogens with zero attached hydrogens (tertiary/aromatic N) is 1. The molecule has 12 heteroatoms. The number of amides is 3. The summed E-state index contributed by atoms with van der Waals surface area (Å²) in [5, 5.41) is 12.7. The summed E-state index contributed by atoms with van der Waals surface area (Å²) >= 11 is 0. The maximum Gasteiger partial charge on any atom is 0.268 e. The molecule has 3 aromatic rings.